The van der Waals surface area contributed by atoms with Crippen molar-refractivity contribution in [2.24, 2.45) is 0 Å². The highest BCUT2D eigenvalue weighted by molar-refractivity contribution is 14.1. The first-order valence-corrected chi connectivity index (χ1v) is 6.16. The molecule has 0 aliphatic carbocycles. The van der Waals surface area contributed by atoms with Crippen molar-refractivity contribution in [2.45, 2.75) is 0 Å². The molecule has 1 rings (SSSR count). The van der Waals surface area contributed by atoms with Crippen LogP contribution in [0.4, 0.5) is 10.1 Å². The number of carbonyl (C=O) groups is 2. The summed E-state index contributed by atoms with van der Waals surface area (Å²) in [6.07, 6.45) is 0.960. The summed E-state index contributed by atoms with van der Waals surface area (Å²) in [4.78, 5) is 22.6. The van der Waals surface area contributed by atoms with Gasteiger partial charge in [-0.05, 0) is 40.8 Å². The number of esters is 2. The first kappa shape index (κ1) is 15.4. The number of nitrogens with one attached hydrogen (secondary N) is 1. The molecular formula is C12H11FINO4. The number of anilines is 1. The van der Waals surface area contributed by atoms with Crippen LogP contribution in [0.2, 0.25) is 0 Å². The molecule has 0 amide bonds. The van der Waals surface area contributed by atoms with Gasteiger partial charge >= 0.3 is 11.9 Å². The maximum absolute atomic E-state index is 13.1. The van der Waals surface area contributed by atoms with Gasteiger partial charge in [-0.2, -0.15) is 0 Å². The predicted molar refractivity (Wildman–Crippen MR) is 74.9 cm³/mol. The van der Waals surface area contributed by atoms with Crippen LogP contribution in [0.5, 0.6) is 0 Å². The second kappa shape index (κ2) is 7.07. The maximum Gasteiger partial charge on any atom is 0.354 e. The molecule has 1 N–H and O–H groups in total. The Morgan fingerprint density at radius 3 is 2.53 bits per heavy atom. The molecule has 0 aromatic heterocycles. The van der Waals surface area contributed by atoms with Crippen molar-refractivity contribution in [3.05, 3.63) is 39.4 Å². The molecule has 0 fully saturated rings. The van der Waals surface area contributed by atoms with Crippen LogP contribution in [0.1, 0.15) is 0 Å². The molecule has 7 heteroatoms. The van der Waals surface area contributed by atoms with E-state index in [0.29, 0.717) is 9.26 Å². The fourth-order valence-corrected chi connectivity index (χ4v) is 1.68. The Bertz CT molecular complexity index is 530. The van der Waals surface area contributed by atoms with Gasteiger partial charge in [-0.15, -0.1) is 0 Å². The van der Waals surface area contributed by atoms with Gasteiger partial charge in [-0.25, -0.2) is 14.0 Å². The van der Waals surface area contributed by atoms with Crippen LogP contribution in [-0.4, -0.2) is 26.2 Å². The number of ether oxygens (including phenoxy) is 2. The minimum Gasteiger partial charge on any atom is -0.466 e. The topological polar surface area (TPSA) is 64.6 Å². The average molecular weight is 379 g/mol. The summed E-state index contributed by atoms with van der Waals surface area (Å²) < 4.78 is 22.5. The van der Waals surface area contributed by atoms with Crippen molar-refractivity contribution < 1.29 is 23.5 Å². The molecule has 0 aliphatic rings. The monoisotopic (exact) mass is 379 g/mol. The van der Waals surface area contributed by atoms with E-state index in [1.807, 2.05) is 22.6 Å². The van der Waals surface area contributed by atoms with Crippen molar-refractivity contribution in [2.75, 3.05) is 19.5 Å². The van der Waals surface area contributed by atoms with Gasteiger partial charge in [0.15, 0.2) is 0 Å². The standard InChI is InChI=1S/C12H11FINO4/c1-18-11(16)6-10(12(17)19-2)15-7-3-4-8(13)9(14)5-7/h3-6,15H,1-2H3/b10-6+. The summed E-state index contributed by atoms with van der Waals surface area (Å²) in [6.45, 7) is 0. The lowest BCUT2D eigenvalue weighted by Gasteiger charge is -2.09. The molecule has 5 nitrogen and oxygen atoms in total. The van der Waals surface area contributed by atoms with Crippen molar-refractivity contribution in [1.82, 2.24) is 0 Å². The lowest BCUT2D eigenvalue weighted by atomic mass is 10.3. The molecule has 1 aromatic carbocycles. The SMILES string of the molecule is COC(=O)/C=C(/Nc1ccc(F)c(I)c1)C(=O)OC. The van der Waals surface area contributed by atoms with Crippen molar-refractivity contribution in [3.8, 4) is 0 Å². The van der Waals surface area contributed by atoms with Gasteiger partial charge < -0.3 is 14.8 Å². The molecule has 1 aromatic rings. The van der Waals surface area contributed by atoms with Gasteiger partial charge in [0.1, 0.15) is 11.5 Å². The van der Waals surface area contributed by atoms with Crippen molar-refractivity contribution in [1.29, 1.82) is 0 Å². The van der Waals surface area contributed by atoms with E-state index in [1.54, 1.807) is 0 Å². The Morgan fingerprint density at radius 1 is 1.32 bits per heavy atom. The summed E-state index contributed by atoms with van der Waals surface area (Å²) in [7, 11) is 2.37. The second-order valence-corrected chi connectivity index (χ2v) is 4.49. The molecule has 0 radical (unpaired) electrons. The van der Waals surface area contributed by atoms with Gasteiger partial charge in [0.25, 0.3) is 0 Å². The summed E-state index contributed by atoms with van der Waals surface area (Å²) in [5, 5.41) is 2.68. The largest absolute Gasteiger partial charge is 0.466 e. The lowest BCUT2D eigenvalue weighted by Crippen LogP contribution is -2.15. The summed E-state index contributed by atoms with van der Waals surface area (Å²) >= 11 is 1.81. The van der Waals surface area contributed by atoms with Gasteiger partial charge in [0.05, 0.1) is 23.9 Å². The third kappa shape index (κ3) is 4.51. The highest BCUT2D eigenvalue weighted by atomic mass is 127. The third-order valence-electron chi connectivity index (χ3n) is 2.07. The number of benzene rings is 1. The van der Waals surface area contributed by atoms with E-state index in [0.717, 1.165) is 6.08 Å². The minimum atomic E-state index is -0.732. The zero-order valence-electron chi connectivity index (χ0n) is 10.2. The molecule has 102 valence electrons. The Balaban J connectivity index is 3.00. The smallest absolute Gasteiger partial charge is 0.354 e. The number of halogens is 2. The van der Waals surface area contributed by atoms with Gasteiger partial charge in [-0.3, -0.25) is 0 Å². The Hall–Kier alpha value is -1.64. The van der Waals surface area contributed by atoms with E-state index in [9.17, 15) is 14.0 Å². The highest BCUT2D eigenvalue weighted by Crippen LogP contribution is 2.18. The summed E-state index contributed by atoms with van der Waals surface area (Å²) in [5.74, 6) is -1.81. The van der Waals surface area contributed by atoms with Gasteiger partial charge in [0.2, 0.25) is 0 Å². The van der Waals surface area contributed by atoms with Crippen LogP contribution in [0.25, 0.3) is 0 Å². The lowest BCUT2D eigenvalue weighted by molar-refractivity contribution is -0.138. The van der Waals surface area contributed by atoms with Crippen LogP contribution < -0.4 is 5.32 Å². The Morgan fingerprint density at radius 2 is 2.00 bits per heavy atom. The number of hydrogen-bond acceptors (Lipinski definition) is 5. The van der Waals surface area contributed by atoms with Gasteiger partial charge in [0, 0.05) is 5.69 Å². The molecule has 0 unspecified atom stereocenters. The molecule has 0 saturated carbocycles. The van der Waals surface area contributed by atoms with Crippen LogP contribution in [0.3, 0.4) is 0 Å². The number of methoxy groups -OCH3 is 2. The molecule has 0 saturated heterocycles. The summed E-state index contributed by atoms with van der Waals surface area (Å²) in [5.41, 5.74) is 0.350. The third-order valence-corrected chi connectivity index (χ3v) is 2.89. The second-order valence-electron chi connectivity index (χ2n) is 3.33. The molecule has 0 aliphatic heterocycles. The Labute approximate surface area is 122 Å². The minimum absolute atomic E-state index is 0.100. The van der Waals surface area contributed by atoms with E-state index in [-0.39, 0.29) is 11.5 Å². The van der Waals surface area contributed by atoms with E-state index in [1.165, 1.54) is 32.4 Å². The molecular weight excluding hydrogens is 368 g/mol. The fourth-order valence-electron chi connectivity index (χ4n) is 1.16. The number of rotatable bonds is 4. The zero-order chi connectivity index (χ0) is 14.4. The Kier molecular flexibility index (Phi) is 5.74. The summed E-state index contributed by atoms with van der Waals surface area (Å²) in [6, 6.07) is 4.17. The van der Waals surface area contributed by atoms with E-state index in [4.69, 9.17) is 0 Å². The first-order chi connectivity index (χ1) is 8.97. The van der Waals surface area contributed by atoms with E-state index in [2.05, 4.69) is 14.8 Å². The molecule has 0 atom stereocenters. The van der Waals surface area contributed by atoms with Crippen molar-refractivity contribution in [3.63, 3.8) is 0 Å². The van der Waals surface area contributed by atoms with Crippen LogP contribution in [0.15, 0.2) is 30.0 Å². The molecule has 0 spiro atoms. The fraction of sp³-hybridized carbons (Fsp3) is 0.167. The highest BCUT2D eigenvalue weighted by Gasteiger charge is 2.13. The van der Waals surface area contributed by atoms with Crippen LogP contribution in [0, 0.1) is 9.39 Å². The molecule has 19 heavy (non-hydrogen) atoms. The predicted octanol–water partition coefficient (Wildman–Crippen LogP) is 2.07. The van der Waals surface area contributed by atoms with Gasteiger partial charge in [-0.1, -0.05) is 0 Å². The number of carbonyl (C=O) groups excluding carboxylic acids is 2. The average Bonchev–Trinajstić information content (AvgIpc) is 2.41. The van der Waals surface area contributed by atoms with Crippen molar-refractivity contribution >= 4 is 40.2 Å². The van der Waals surface area contributed by atoms with E-state index >= 15 is 0 Å². The first-order valence-electron chi connectivity index (χ1n) is 5.08. The molecule has 0 bridgehead atoms. The number of hydrogen-bond donors (Lipinski definition) is 1. The van der Waals surface area contributed by atoms with Crippen LogP contribution in [-0.2, 0) is 19.1 Å². The van der Waals surface area contributed by atoms with Crippen LogP contribution >= 0.6 is 22.6 Å². The molecule has 0 heterocycles. The quantitative estimate of drug-likeness (QED) is 0.493. The maximum atomic E-state index is 13.1. The van der Waals surface area contributed by atoms with E-state index < -0.39 is 11.9 Å². The zero-order valence-corrected chi connectivity index (χ0v) is 12.4. The normalized spacial score (nSPS) is 10.8.